The van der Waals surface area contributed by atoms with Crippen LogP contribution in [0, 0.1) is 27.7 Å². The van der Waals surface area contributed by atoms with Crippen LogP contribution in [0.4, 0.5) is 0 Å². The number of carbonyl (C=O) groups excluding carboxylic acids is 1. The van der Waals surface area contributed by atoms with E-state index in [2.05, 4.69) is 67.1 Å². The maximum Gasteiger partial charge on any atom is 0.236 e. The third-order valence-electron chi connectivity index (χ3n) is 3.56. The molecule has 0 aliphatic heterocycles. The van der Waals surface area contributed by atoms with Gasteiger partial charge >= 0.3 is 0 Å². The molecule has 0 aliphatic rings. The van der Waals surface area contributed by atoms with Crippen LogP contribution in [-0.4, -0.2) is 16.7 Å². The van der Waals surface area contributed by atoms with E-state index < -0.39 is 0 Å². The standard InChI is InChI=1S/C17H21N3O/c1-11-7-6-8-12(2)17(11)20-13(3)9-16(14(20)4)10-18-19-15(5)21/h6-10H,1-5H3,(H,19,21)/b18-10+. The Morgan fingerprint density at radius 1 is 1.19 bits per heavy atom. The van der Waals surface area contributed by atoms with Crippen LogP contribution in [0.1, 0.15) is 35.0 Å². The molecule has 1 N–H and O–H groups in total. The fraction of sp³-hybridized carbons (Fsp3) is 0.294. The lowest BCUT2D eigenvalue weighted by molar-refractivity contribution is -0.118. The summed E-state index contributed by atoms with van der Waals surface area (Å²) in [6.45, 7) is 9.82. The maximum atomic E-state index is 10.9. The maximum absolute atomic E-state index is 10.9. The van der Waals surface area contributed by atoms with Crippen molar-refractivity contribution in [3.63, 3.8) is 0 Å². The molecule has 1 aromatic carbocycles. The summed E-state index contributed by atoms with van der Waals surface area (Å²) < 4.78 is 2.24. The van der Waals surface area contributed by atoms with Gasteiger partial charge in [0.05, 0.1) is 11.9 Å². The van der Waals surface area contributed by atoms with Crippen molar-refractivity contribution in [1.82, 2.24) is 9.99 Å². The largest absolute Gasteiger partial charge is 0.317 e. The highest BCUT2D eigenvalue weighted by Crippen LogP contribution is 2.25. The van der Waals surface area contributed by atoms with Crippen molar-refractivity contribution in [3.8, 4) is 5.69 Å². The number of hydrazone groups is 1. The van der Waals surface area contributed by atoms with Crippen molar-refractivity contribution < 1.29 is 4.79 Å². The molecule has 1 amide bonds. The van der Waals surface area contributed by atoms with Crippen LogP contribution < -0.4 is 5.43 Å². The van der Waals surface area contributed by atoms with Gasteiger partial charge in [0.15, 0.2) is 0 Å². The van der Waals surface area contributed by atoms with Gasteiger partial charge in [0, 0.05) is 23.9 Å². The van der Waals surface area contributed by atoms with Gasteiger partial charge in [0.25, 0.3) is 0 Å². The van der Waals surface area contributed by atoms with E-state index in [0.717, 1.165) is 17.0 Å². The summed E-state index contributed by atoms with van der Waals surface area (Å²) in [5.74, 6) is -0.171. The number of hydrogen-bond acceptors (Lipinski definition) is 2. The molecule has 0 spiro atoms. The number of rotatable bonds is 3. The Morgan fingerprint density at radius 2 is 1.81 bits per heavy atom. The number of amides is 1. The van der Waals surface area contributed by atoms with Crippen LogP contribution >= 0.6 is 0 Å². The summed E-state index contributed by atoms with van der Waals surface area (Å²) in [7, 11) is 0. The normalized spacial score (nSPS) is 11.1. The quantitative estimate of drug-likeness (QED) is 0.682. The highest BCUT2D eigenvalue weighted by molar-refractivity contribution is 5.83. The number of carbonyl (C=O) groups is 1. The minimum Gasteiger partial charge on any atom is -0.317 e. The van der Waals surface area contributed by atoms with Gasteiger partial charge < -0.3 is 4.57 Å². The molecule has 0 bridgehead atoms. The Kier molecular flexibility index (Phi) is 4.26. The van der Waals surface area contributed by atoms with Crippen molar-refractivity contribution in [2.75, 3.05) is 0 Å². The first-order valence-electron chi connectivity index (χ1n) is 6.97. The lowest BCUT2D eigenvalue weighted by atomic mass is 10.1. The fourth-order valence-electron chi connectivity index (χ4n) is 2.61. The average Bonchev–Trinajstić information content (AvgIpc) is 2.66. The van der Waals surface area contributed by atoms with Crippen molar-refractivity contribution in [3.05, 3.63) is 52.3 Å². The van der Waals surface area contributed by atoms with E-state index in [9.17, 15) is 4.79 Å². The van der Waals surface area contributed by atoms with Gasteiger partial charge in [-0.1, -0.05) is 18.2 Å². The minimum atomic E-state index is -0.171. The summed E-state index contributed by atoms with van der Waals surface area (Å²) in [5.41, 5.74) is 9.39. The van der Waals surface area contributed by atoms with Crippen molar-refractivity contribution in [1.29, 1.82) is 0 Å². The Balaban J connectivity index is 2.49. The highest BCUT2D eigenvalue weighted by Gasteiger charge is 2.12. The molecule has 1 aromatic heterocycles. The molecular weight excluding hydrogens is 262 g/mol. The number of nitrogens with one attached hydrogen (secondary N) is 1. The fourth-order valence-corrected chi connectivity index (χ4v) is 2.61. The zero-order chi connectivity index (χ0) is 15.6. The van der Waals surface area contributed by atoms with Crippen LogP contribution in [0.5, 0.6) is 0 Å². The molecule has 2 aromatic rings. The smallest absolute Gasteiger partial charge is 0.236 e. The number of hydrogen-bond donors (Lipinski definition) is 1. The second-order valence-electron chi connectivity index (χ2n) is 5.33. The first-order valence-corrected chi connectivity index (χ1v) is 6.97. The van der Waals surface area contributed by atoms with Crippen LogP contribution in [0.3, 0.4) is 0 Å². The van der Waals surface area contributed by atoms with Gasteiger partial charge in [-0.25, -0.2) is 5.43 Å². The molecule has 0 atom stereocenters. The molecule has 4 heteroatoms. The van der Waals surface area contributed by atoms with Crippen LogP contribution in [-0.2, 0) is 4.79 Å². The molecular formula is C17H21N3O. The molecule has 0 radical (unpaired) electrons. The predicted molar refractivity (Wildman–Crippen MR) is 86.1 cm³/mol. The lowest BCUT2D eigenvalue weighted by Gasteiger charge is -2.15. The first-order chi connectivity index (χ1) is 9.91. The molecule has 110 valence electrons. The zero-order valence-corrected chi connectivity index (χ0v) is 13.2. The van der Waals surface area contributed by atoms with Crippen LogP contribution in [0.15, 0.2) is 29.4 Å². The Hall–Kier alpha value is -2.36. The van der Waals surface area contributed by atoms with E-state index in [1.165, 1.54) is 23.7 Å². The van der Waals surface area contributed by atoms with Gasteiger partial charge in [0.1, 0.15) is 0 Å². The van der Waals surface area contributed by atoms with E-state index >= 15 is 0 Å². The topological polar surface area (TPSA) is 46.4 Å². The summed E-state index contributed by atoms with van der Waals surface area (Å²) in [6.07, 6.45) is 1.69. The van der Waals surface area contributed by atoms with Gasteiger partial charge in [-0.15, -0.1) is 0 Å². The van der Waals surface area contributed by atoms with Gasteiger partial charge in [-0.2, -0.15) is 5.10 Å². The van der Waals surface area contributed by atoms with E-state index in [0.29, 0.717) is 0 Å². The van der Waals surface area contributed by atoms with Gasteiger partial charge in [-0.05, 0) is 44.9 Å². The van der Waals surface area contributed by atoms with Crippen molar-refractivity contribution in [2.24, 2.45) is 5.10 Å². The van der Waals surface area contributed by atoms with Crippen molar-refractivity contribution in [2.45, 2.75) is 34.6 Å². The summed E-state index contributed by atoms with van der Waals surface area (Å²) in [5, 5.41) is 3.96. The number of para-hydroxylation sites is 1. The van der Waals surface area contributed by atoms with Gasteiger partial charge in [0.2, 0.25) is 5.91 Å². The molecule has 1 heterocycles. The predicted octanol–water partition coefficient (Wildman–Crippen LogP) is 3.18. The second-order valence-corrected chi connectivity index (χ2v) is 5.33. The molecule has 0 saturated carbocycles. The zero-order valence-electron chi connectivity index (χ0n) is 13.2. The van der Waals surface area contributed by atoms with E-state index in [1.54, 1.807) is 6.21 Å². The Morgan fingerprint density at radius 3 is 2.38 bits per heavy atom. The average molecular weight is 283 g/mol. The highest BCUT2D eigenvalue weighted by atomic mass is 16.2. The number of benzene rings is 1. The molecule has 0 saturated heterocycles. The van der Waals surface area contributed by atoms with E-state index in [4.69, 9.17) is 0 Å². The van der Waals surface area contributed by atoms with Crippen molar-refractivity contribution >= 4 is 12.1 Å². The third kappa shape index (κ3) is 3.05. The van der Waals surface area contributed by atoms with Crippen LogP contribution in [0.2, 0.25) is 0 Å². The van der Waals surface area contributed by atoms with E-state index in [-0.39, 0.29) is 5.91 Å². The molecule has 0 unspecified atom stereocenters. The molecule has 4 nitrogen and oxygen atoms in total. The number of nitrogens with zero attached hydrogens (tertiary/aromatic N) is 2. The number of aryl methyl sites for hydroxylation is 3. The first kappa shape index (κ1) is 15.0. The SMILES string of the molecule is CC(=O)N/N=C/c1cc(C)n(-c2c(C)cccc2C)c1C. The Labute approximate surface area is 125 Å². The molecule has 2 rings (SSSR count). The Bertz CT molecular complexity index is 691. The third-order valence-corrected chi connectivity index (χ3v) is 3.56. The van der Waals surface area contributed by atoms with Gasteiger partial charge in [-0.3, -0.25) is 4.79 Å². The van der Waals surface area contributed by atoms with E-state index in [1.807, 2.05) is 0 Å². The minimum absolute atomic E-state index is 0.171. The number of aromatic nitrogens is 1. The monoisotopic (exact) mass is 283 g/mol. The molecule has 0 fully saturated rings. The van der Waals surface area contributed by atoms with Crippen LogP contribution in [0.25, 0.3) is 5.69 Å². The molecule has 0 aliphatic carbocycles. The summed E-state index contributed by atoms with van der Waals surface area (Å²) in [4.78, 5) is 10.9. The summed E-state index contributed by atoms with van der Waals surface area (Å²) >= 11 is 0. The molecule has 21 heavy (non-hydrogen) atoms. The summed E-state index contributed by atoms with van der Waals surface area (Å²) in [6, 6.07) is 8.38. The lowest BCUT2D eigenvalue weighted by Crippen LogP contribution is -2.12. The second kappa shape index (κ2) is 5.95.